The largest absolute Gasteiger partial charge is 0.355 e. The second-order valence-corrected chi connectivity index (χ2v) is 5.58. The second kappa shape index (κ2) is 7.03. The highest BCUT2D eigenvalue weighted by Gasteiger charge is 2.14. The topological polar surface area (TPSA) is 101 Å². The van der Waals surface area contributed by atoms with Crippen LogP contribution in [0.2, 0.25) is 0 Å². The first-order valence-electron chi connectivity index (χ1n) is 7.78. The first-order chi connectivity index (χ1) is 11.6. The minimum absolute atomic E-state index is 0.0290. The number of nitro benzene ring substituents is 1. The lowest BCUT2D eigenvalue weighted by Gasteiger charge is -2.27. The van der Waals surface area contributed by atoms with E-state index in [1.807, 2.05) is 0 Å². The van der Waals surface area contributed by atoms with Gasteiger partial charge in [-0.15, -0.1) is 10.2 Å². The molecule has 1 aromatic carbocycles. The second-order valence-electron chi connectivity index (χ2n) is 5.58. The van der Waals surface area contributed by atoms with Crippen LogP contribution in [0.15, 0.2) is 36.4 Å². The van der Waals surface area contributed by atoms with Crippen molar-refractivity contribution in [2.45, 2.75) is 19.3 Å². The number of non-ortho nitro benzene ring substituents is 1. The number of amides is 1. The van der Waals surface area contributed by atoms with Crippen molar-refractivity contribution in [1.29, 1.82) is 0 Å². The van der Waals surface area contributed by atoms with Crippen molar-refractivity contribution in [3.05, 3.63) is 52.2 Å². The average Bonchev–Trinajstić information content (AvgIpc) is 2.63. The van der Waals surface area contributed by atoms with Crippen molar-refractivity contribution in [1.82, 2.24) is 10.2 Å². The van der Waals surface area contributed by atoms with Crippen LogP contribution in [0.1, 0.15) is 29.8 Å². The molecule has 0 bridgehead atoms. The predicted molar refractivity (Wildman–Crippen MR) is 89.1 cm³/mol. The number of carbonyl (C=O) groups is 1. The van der Waals surface area contributed by atoms with Gasteiger partial charge in [-0.25, -0.2) is 0 Å². The van der Waals surface area contributed by atoms with E-state index >= 15 is 0 Å². The SMILES string of the molecule is O=C(Nc1ccc([N+](=O)[O-])cc1)c1ccc(N2CCCCC2)nn1. The summed E-state index contributed by atoms with van der Waals surface area (Å²) in [6, 6.07) is 9.05. The number of nitro groups is 1. The maximum absolute atomic E-state index is 12.2. The first-order valence-corrected chi connectivity index (χ1v) is 7.78. The molecule has 124 valence electrons. The molecule has 2 aromatic rings. The van der Waals surface area contributed by atoms with E-state index in [1.165, 1.54) is 30.7 Å². The van der Waals surface area contributed by atoms with E-state index in [2.05, 4.69) is 20.4 Å². The maximum Gasteiger partial charge on any atom is 0.276 e. The number of benzene rings is 1. The Hall–Kier alpha value is -3.03. The van der Waals surface area contributed by atoms with Crippen molar-refractivity contribution in [2.24, 2.45) is 0 Å². The molecular formula is C16H17N5O3. The van der Waals surface area contributed by atoms with E-state index in [4.69, 9.17) is 0 Å². The predicted octanol–water partition coefficient (Wildman–Crippen LogP) is 2.63. The van der Waals surface area contributed by atoms with Crippen molar-refractivity contribution < 1.29 is 9.72 Å². The van der Waals surface area contributed by atoms with E-state index < -0.39 is 10.8 Å². The molecule has 0 unspecified atom stereocenters. The maximum atomic E-state index is 12.2. The molecule has 0 spiro atoms. The van der Waals surface area contributed by atoms with E-state index in [1.54, 1.807) is 12.1 Å². The lowest BCUT2D eigenvalue weighted by molar-refractivity contribution is -0.384. The van der Waals surface area contributed by atoms with Crippen LogP contribution in [0.4, 0.5) is 17.2 Å². The number of anilines is 2. The quantitative estimate of drug-likeness (QED) is 0.684. The molecule has 0 atom stereocenters. The Labute approximate surface area is 138 Å². The fourth-order valence-electron chi connectivity index (χ4n) is 2.60. The molecule has 8 nitrogen and oxygen atoms in total. The van der Waals surface area contributed by atoms with Crippen LogP contribution in [0.3, 0.4) is 0 Å². The molecule has 0 radical (unpaired) electrons. The summed E-state index contributed by atoms with van der Waals surface area (Å²) >= 11 is 0. The fraction of sp³-hybridized carbons (Fsp3) is 0.312. The van der Waals surface area contributed by atoms with Crippen LogP contribution in [0.5, 0.6) is 0 Å². The summed E-state index contributed by atoms with van der Waals surface area (Å²) in [6.07, 6.45) is 3.52. The zero-order chi connectivity index (χ0) is 16.9. The van der Waals surface area contributed by atoms with Gasteiger partial charge in [-0.3, -0.25) is 14.9 Å². The summed E-state index contributed by atoms with van der Waals surface area (Å²) in [6.45, 7) is 1.92. The van der Waals surface area contributed by atoms with Crippen molar-refractivity contribution in [2.75, 3.05) is 23.3 Å². The lowest BCUT2D eigenvalue weighted by atomic mass is 10.1. The van der Waals surface area contributed by atoms with Gasteiger partial charge in [0, 0.05) is 30.9 Å². The number of carbonyl (C=O) groups excluding carboxylic acids is 1. The molecule has 1 N–H and O–H groups in total. The van der Waals surface area contributed by atoms with Crippen LogP contribution < -0.4 is 10.2 Å². The Bertz CT molecular complexity index is 724. The van der Waals surface area contributed by atoms with Crippen LogP contribution in [-0.4, -0.2) is 34.1 Å². The summed E-state index contributed by atoms with van der Waals surface area (Å²) in [5.41, 5.74) is 0.639. The van der Waals surface area contributed by atoms with Gasteiger partial charge in [0.1, 0.15) is 0 Å². The smallest absolute Gasteiger partial charge is 0.276 e. The molecule has 0 saturated carbocycles. The van der Waals surface area contributed by atoms with Gasteiger partial charge in [-0.05, 0) is 43.5 Å². The van der Waals surface area contributed by atoms with Gasteiger partial charge in [-0.1, -0.05) is 0 Å². The molecule has 1 saturated heterocycles. The van der Waals surface area contributed by atoms with Crippen molar-refractivity contribution in [3.63, 3.8) is 0 Å². The fourth-order valence-corrected chi connectivity index (χ4v) is 2.60. The van der Waals surface area contributed by atoms with Gasteiger partial charge in [0.2, 0.25) is 0 Å². The van der Waals surface area contributed by atoms with Gasteiger partial charge in [0.25, 0.3) is 11.6 Å². The Morgan fingerprint density at radius 1 is 1.04 bits per heavy atom. The highest BCUT2D eigenvalue weighted by molar-refractivity contribution is 6.02. The molecular weight excluding hydrogens is 310 g/mol. The van der Waals surface area contributed by atoms with E-state index in [0.29, 0.717) is 5.69 Å². The zero-order valence-corrected chi connectivity index (χ0v) is 13.0. The van der Waals surface area contributed by atoms with Crippen LogP contribution in [-0.2, 0) is 0 Å². The Kier molecular flexibility index (Phi) is 4.64. The molecule has 1 aliphatic rings. The van der Waals surface area contributed by atoms with E-state index in [0.717, 1.165) is 31.7 Å². The van der Waals surface area contributed by atoms with Crippen molar-refractivity contribution in [3.8, 4) is 0 Å². The van der Waals surface area contributed by atoms with Gasteiger partial charge in [-0.2, -0.15) is 0 Å². The number of hydrogen-bond acceptors (Lipinski definition) is 6. The Morgan fingerprint density at radius 3 is 2.33 bits per heavy atom. The highest BCUT2D eigenvalue weighted by atomic mass is 16.6. The highest BCUT2D eigenvalue weighted by Crippen LogP contribution is 2.18. The molecule has 0 aliphatic carbocycles. The zero-order valence-electron chi connectivity index (χ0n) is 13.0. The Morgan fingerprint density at radius 2 is 1.75 bits per heavy atom. The van der Waals surface area contributed by atoms with Crippen LogP contribution >= 0.6 is 0 Å². The molecule has 1 fully saturated rings. The van der Waals surface area contributed by atoms with E-state index in [-0.39, 0.29) is 11.4 Å². The summed E-state index contributed by atoms with van der Waals surface area (Å²) < 4.78 is 0. The number of rotatable bonds is 4. The van der Waals surface area contributed by atoms with Gasteiger partial charge >= 0.3 is 0 Å². The molecule has 8 heteroatoms. The molecule has 24 heavy (non-hydrogen) atoms. The molecule has 2 heterocycles. The number of aromatic nitrogens is 2. The third-order valence-electron chi connectivity index (χ3n) is 3.90. The lowest BCUT2D eigenvalue weighted by Crippen LogP contribution is -2.30. The average molecular weight is 327 g/mol. The first kappa shape index (κ1) is 15.9. The van der Waals surface area contributed by atoms with Gasteiger partial charge < -0.3 is 10.2 Å². The van der Waals surface area contributed by atoms with Crippen molar-refractivity contribution >= 4 is 23.1 Å². The van der Waals surface area contributed by atoms with Gasteiger partial charge in [0.15, 0.2) is 11.5 Å². The summed E-state index contributed by atoms with van der Waals surface area (Å²) in [5, 5.41) is 21.4. The standard InChI is InChI=1S/C16H17N5O3/c22-16(17-12-4-6-13(7-5-12)21(23)24)14-8-9-15(19-18-14)20-10-2-1-3-11-20/h4-9H,1-3,10-11H2,(H,17,22). The molecule has 3 rings (SSSR count). The molecule has 1 aromatic heterocycles. The number of nitrogens with one attached hydrogen (secondary N) is 1. The third kappa shape index (κ3) is 3.65. The minimum atomic E-state index is -0.490. The van der Waals surface area contributed by atoms with E-state index in [9.17, 15) is 14.9 Å². The van der Waals surface area contributed by atoms with Crippen LogP contribution in [0, 0.1) is 10.1 Å². The number of piperidine rings is 1. The summed E-state index contributed by atoms with van der Waals surface area (Å²) in [7, 11) is 0. The third-order valence-corrected chi connectivity index (χ3v) is 3.90. The monoisotopic (exact) mass is 327 g/mol. The van der Waals surface area contributed by atoms with Gasteiger partial charge in [0.05, 0.1) is 4.92 Å². The number of nitrogens with zero attached hydrogens (tertiary/aromatic N) is 4. The molecule has 1 amide bonds. The normalized spacial score (nSPS) is 14.2. The Balaban J connectivity index is 1.65. The minimum Gasteiger partial charge on any atom is -0.355 e. The summed E-state index contributed by atoms with van der Waals surface area (Å²) in [5.74, 6) is 0.378. The number of hydrogen-bond donors (Lipinski definition) is 1. The molecule has 1 aliphatic heterocycles. The van der Waals surface area contributed by atoms with Crippen LogP contribution in [0.25, 0.3) is 0 Å². The summed E-state index contributed by atoms with van der Waals surface area (Å²) in [4.78, 5) is 24.4.